The number of esters is 1. The monoisotopic (exact) mass is 488 g/mol. The van der Waals surface area contributed by atoms with E-state index in [1.807, 2.05) is 42.5 Å². The third-order valence-corrected chi connectivity index (χ3v) is 5.22. The van der Waals surface area contributed by atoms with Crippen molar-refractivity contribution in [3.05, 3.63) is 101 Å². The highest BCUT2D eigenvalue weighted by molar-refractivity contribution is 6.30. The number of nitrogens with one attached hydrogen (secondary N) is 1. The molecule has 1 N–H and O–H groups in total. The van der Waals surface area contributed by atoms with Gasteiger partial charge in [-0.15, -0.1) is 0 Å². The molecule has 4 aromatic rings. The fourth-order valence-corrected chi connectivity index (χ4v) is 3.34. The van der Waals surface area contributed by atoms with Crippen molar-refractivity contribution in [3.63, 3.8) is 0 Å². The Kier molecular flexibility index (Phi) is 7.60. The molecule has 0 aromatic heterocycles. The second-order valence-electron chi connectivity index (χ2n) is 7.40. The van der Waals surface area contributed by atoms with Crippen LogP contribution < -0.4 is 19.6 Å². The number of hydrogen-bond donors (Lipinski definition) is 1. The average molecular weight is 489 g/mol. The molecule has 0 spiro atoms. The van der Waals surface area contributed by atoms with E-state index in [1.165, 1.54) is 13.3 Å². The number of hydrogen-bond acceptors (Lipinski definition) is 6. The van der Waals surface area contributed by atoms with Crippen molar-refractivity contribution in [2.24, 2.45) is 5.10 Å². The van der Waals surface area contributed by atoms with Crippen LogP contribution in [0.1, 0.15) is 15.9 Å². The smallest absolute Gasteiger partial charge is 0.343 e. The first-order chi connectivity index (χ1) is 17.0. The quantitative estimate of drug-likeness (QED) is 0.158. The first-order valence-corrected chi connectivity index (χ1v) is 11.0. The van der Waals surface area contributed by atoms with E-state index in [0.29, 0.717) is 27.6 Å². The normalized spacial score (nSPS) is 10.8. The van der Waals surface area contributed by atoms with Crippen molar-refractivity contribution in [1.29, 1.82) is 0 Å². The predicted molar refractivity (Wildman–Crippen MR) is 135 cm³/mol. The number of methoxy groups -OCH3 is 1. The maximum atomic E-state index is 12.3. The lowest BCUT2D eigenvalue weighted by molar-refractivity contribution is -0.123. The van der Waals surface area contributed by atoms with Gasteiger partial charge in [-0.1, -0.05) is 41.9 Å². The molecule has 0 aliphatic rings. The number of fused-ring (bicyclic) bond motifs is 1. The summed E-state index contributed by atoms with van der Waals surface area (Å²) in [7, 11) is 1.46. The van der Waals surface area contributed by atoms with Gasteiger partial charge in [0.05, 0.1) is 18.9 Å². The minimum absolute atomic E-state index is 0.182. The van der Waals surface area contributed by atoms with E-state index in [1.54, 1.807) is 42.5 Å². The summed E-state index contributed by atoms with van der Waals surface area (Å²) in [6, 6.07) is 24.8. The minimum atomic E-state index is -0.542. The molecular weight excluding hydrogens is 468 g/mol. The van der Waals surface area contributed by atoms with Gasteiger partial charge in [-0.2, -0.15) is 5.10 Å². The maximum Gasteiger partial charge on any atom is 0.343 e. The summed E-state index contributed by atoms with van der Waals surface area (Å²) in [5.74, 6) is 0.228. The lowest BCUT2D eigenvalue weighted by Gasteiger charge is -2.10. The Morgan fingerprint density at radius 3 is 2.46 bits per heavy atom. The Morgan fingerprint density at radius 2 is 1.69 bits per heavy atom. The number of carbonyl (C=O) groups is 2. The topological polar surface area (TPSA) is 86.2 Å². The zero-order valence-electron chi connectivity index (χ0n) is 18.7. The second-order valence-corrected chi connectivity index (χ2v) is 7.83. The van der Waals surface area contributed by atoms with Gasteiger partial charge in [-0.25, -0.2) is 10.2 Å². The molecule has 8 heteroatoms. The van der Waals surface area contributed by atoms with E-state index in [2.05, 4.69) is 10.5 Å². The average Bonchev–Trinajstić information content (AvgIpc) is 2.88. The molecule has 0 bridgehead atoms. The highest BCUT2D eigenvalue weighted by atomic mass is 35.5. The minimum Gasteiger partial charge on any atom is -0.493 e. The molecule has 0 saturated carbocycles. The van der Waals surface area contributed by atoms with E-state index in [4.69, 9.17) is 25.8 Å². The molecule has 0 aliphatic heterocycles. The van der Waals surface area contributed by atoms with Crippen molar-refractivity contribution >= 4 is 40.5 Å². The lowest BCUT2D eigenvalue weighted by Crippen LogP contribution is -2.24. The van der Waals surface area contributed by atoms with E-state index in [0.717, 1.165) is 10.8 Å². The Morgan fingerprint density at radius 1 is 0.914 bits per heavy atom. The van der Waals surface area contributed by atoms with Gasteiger partial charge in [-0.3, -0.25) is 4.79 Å². The second kappa shape index (κ2) is 11.2. The Labute approximate surface area is 206 Å². The van der Waals surface area contributed by atoms with E-state index >= 15 is 0 Å². The van der Waals surface area contributed by atoms with Crippen LogP contribution in [-0.2, 0) is 4.79 Å². The number of nitrogens with zero attached hydrogens (tertiary/aromatic N) is 1. The third-order valence-electron chi connectivity index (χ3n) is 4.96. The van der Waals surface area contributed by atoms with Crippen LogP contribution in [0.25, 0.3) is 10.8 Å². The van der Waals surface area contributed by atoms with Crippen molar-refractivity contribution in [2.75, 3.05) is 13.7 Å². The van der Waals surface area contributed by atoms with Gasteiger partial charge in [0.2, 0.25) is 0 Å². The molecule has 0 saturated heterocycles. The van der Waals surface area contributed by atoms with Crippen LogP contribution in [0.5, 0.6) is 17.2 Å². The number of amides is 1. The van der Waals surface area contributed by atoms with Crippen molar-refractivity contribution in [1.82, 2.24) is 5.43 Å². The molecule has 4 rings (SSSR count). The molecule has 7 nitrogen and oxygen atoms in total. The fourth-order valence-electron chi connectivity index (χ4n) is 3.21. The van der Waals surface area contributed by atoms with Crippen LogP contribution in [0.15, 0.2) is 90.0 Å². The molecule has 0 fully saturated rings. The van der Waals surface area contributed by atoms with Gasteiger partial charge < -0.3 is 14.2 Å². The van der Waals surface area contributed by atoms with Crippen LogP contribution in [0.2, 0.25) is 5.02 Å². The summed E-state index contributed by atoms with van der Waals surface area (Å²) in [5.41, 5.74) is 3.40. The summed E-state index contributed by atoms with van der Waals surface area (Å²) in [4.78, 5) is 24.4. The Hall–Kier alpha value is -4.36. The molecule has 0 unspecified atom stereocenters. The first kappa shape index (κ1) is 23.8. The maximum absolute atomic E-state index is 12.3. The Bertz CT molecular complexity index is 1390. The van der Waals surface area contributed by atoms with E-state index in [9.17, 15) is 9.59 Å². The highest BCUT2D eigenvalue weighted by Crippen LogP contribution is 2.28. The molecule has 1 amide bonds. The van der Waals surface area contributed by atoms with Crippen LogP contribution in [0, 0.1) is 0 Å². The first-order valence-electron chi connectivity index (χ1n) is 10.6. The number of hydrazone groups is 1. The standard InChI is InChI=1S/C27H21ClN2O5/c1-33-25-14-18(6-13-24(25)35-27(32)20-7-10-22(28)11-8-20)16-29-30-26(31)17-34-23-12-9-19-4-2-3-5-21(19)15-23/h2-16H,17H2,1H3,(H,30,31)/b29-16-. The van der Waals surface area contributed by atoms with Gasteiger partial charge in [0.25, 0.3) is 5.91 Å². The highest BCUT2D eigenvalue weighted by Gasteiger charge is 2.13. The number of ether oxygens (including phenoxy) is 3. The van der Waals surface area contributed by atoms with Gasteiger partial charge >= 0.3 is 5.97 Å². The van der Waals surface area contributed by atoms with Crippen LogP contribution in [-0.4, -0.2) is 31.8 Å². The summed E-state index contributed by atoms with van der Waals surface area (Å²) >= 11 is 5.85. The SMILES string of the molecule is COc1cc(/C=N\NC(=O)COc2ccc3ccccc3c2)ccc1OC(=O)c1ccc(Cl)cc1. The molecule has 0 aliphatic carbocycles. The Balaban J connectivity index is 1.32. The number of halogens is 1. The predicted octanol–water partition coefficient (Wildman–Crippen LogP) is 5.25. The molecule has 4 aromatic carbocycles. The van der Waals surface area contributed by atoms with Crippen LogP contribution in [0.4, 0.5) is 0 Å². The van der Waals surface area contributed by atoms with Crippen molar-refractivity contribution < 1.29 is 23.8 Å². The van der Waals surface area contributed by atoms with Crippen LogP contribution >= 0.6 is 11.6 Å². The molecule has 35 heavy (non-hydrogen) atoms. The van der Waals surface area contributed by atoms with Gasteiger partial charge in [0.1, 0.15) is 5.75 Å². The number of benzene rings is 4. The largest absolute Gasteiger partial charge is 0.493 e. The molecule has 176 valence electrons. The molecule has 0 heterocycles. The fraction of sp³-hybridized carbons (Fsp3) is 0.0741. The summed E-state index contributed by atoms with van der Waals surface area (Å²) < 4.78 is 16.3. The van der Waals surface area contributed by atoms with E-state index < -0.39 is 11.9 Å². The summed E-state index contributed by atoms with van der Waals surface area (Å²) in [6.07, 6.45) is 1.45. The molecule has 0 atom stereocenters. The van der Waals surface area contributed by atoms with Crippen molar-refractivity contribution in [2.45, 2.75) is 0 Å². The summed E-state index contributed by atoms with van der Waals surface area (Å²) in [6.45, 7) is -0.182. The van der Waals surface area contributed by atoms with Gasteiger partial charge in [-0.05, 0) is 70.9 Å². The number of carbonyl (C=O) groups excluding carboxylic acids is 2. The van der Waals surface area contributed by atoms with Crippen LogP contribution in [0.3, 0.4) is 0 Å². The van der Waals surface area contributed by atoms with Gasteiger partial charge in [0.15, 0.2) is 18.1 Å². The van der Waals surface area contributed by atoms with E-state index in [-0.39, 0.29) is 12.4 Å². The zero-order chi connectivity index (χ0) is 24.6. The lowest BCUT2D eigenvalue weighted by atomic mass is 10.1. The number of rotatable bonds is 8. The van der Waals surface area contributed by atoms with Crippen molar-refractivity contribution in [3.8, 4) is 17.2 Å². The summed E-state index contributed by atoms with van der Waals surface area (Å²) in [5, 5.41) is 6.59. The molecule has 0 radical (unpaired) electrons. The zero-order valence-corrected chi connectivity index (χ0v) is 19.5. The van der Waals surface area contributed by atoms with Gasteiger partial charge in [0, 0.05) is 5.02 Å². The molecular formula is C27H21ClN2O5. The third kappa shape index (κ3) is 6.37.